The molecule has 7 heteroatoms. The molecule has 2 N–H and O–H groups in total. The summed E-state index contributed by atoms with van der Waals surface area (Å²) in [7, 11) is 0. The Morgan fingerprint density at radius 2 is 2.33 bits per heavy atom. The van der Waals surface area contributed by atoms with Gasteiger partial charge >= 0.3 is 5.97 Å². The normalized spacial score (nSPS) is 10.3. The SMILES string of the molecule is O=C(O)c1cnc(NCCc2cscn2)c(Cl)c1. The molecule has 0 bridgehead atoms. The molecule has 0 spiro atoms. The first-order valence-corrected chi connectivity index (χ1v) is 6.48. The molecule has 0 aromatic carbocycles. The van der Waals surface area contributed by atoms with Gasteiger partial charge < -0.3 is 10.4 Å². The first-order valence-electron chi connectivity index (χ1n) is 5.16. The van der Waals surface area contributed by atoms with Crippen LogP contribution in [0.5, 0.6) is 0 Å². The van der Waals surface area contributed by atoms with Gasteiger partial charge in [-0.1, -0.05) is 11.6 Å². The molecule has 0 aliphatic carbocycles. The lowest BCUT2D eigenvalue weighted by molar-refractivity contribution is 0.0696. The molecule has 0 atom stereocenters. The lowest BCUT2D eigenvalue weighted by Gasteiger charge is -2.06. The zero-order chi connectivity index (χ0) is 13.0. The highest BCUT2D eigenvalue weighted by molar-refractivity contribution is 7.07. The molecule has 0 saturated carbocycles. The monoisotopic (exact) mass is 283 g/mol. The lowest BCUT2D eigenvalue weighted by Crippen LogP contribution is -2.08. The summed E-state index contributed by atoms with van der Waals surface area (Å²) in [6.45, 7) is 0.642. The quantitative estimate of drug-likeness (QED) is 0.882. The van der Waals surface area contributed by atoms with Crippen LogP contribution >= 0.6 is 22.9 Å². The number of hydrogen-bond donors (Lipinski definition) is 2. The Morgan fingerprint density at radius 1 is 1.50 bits per heavy atom. The van der Waals surface area contributed by atoms with Crippen LogP contribution in [0.25, 0.3) is 0 Å². The Balaban J connectivity index is 1.95. The molecule has 5 nitrogen and oxygen atoms in total. The van der Waals surface area contributed by atoms with Gasteiger partial charge in [0, 0.05) is 24.5 Å². The predicted octanol–water partition coefficient (Wildman–Crippen LogP) is 2.54. The first kappa shape index (κ1) is 12.8. The van der Waals surface area contributed by atoms with E-state index < -0.39 is 5.97 Å². The van der Waals surface area contributed by atoms with Crippen LogP contribution < -0.4 is 5.32 Å². The Bertz CT molecular complexity index is 545. The van der Waals surface area contributed by atoms with Crippen molar-refractivity contribution in [1.82, 2.24) is 9.97 Å². The van der Waals surface area contributed by atoms with Gasteiger partial charge in [-0.2, -0.15) is 0 Å². The highest BCUT2D eigenvalue weighted by Gasteiger charge is 2.08. The number of carboxylic acids is 1. The minimum Gasteiger partial charge on any atom is -0.478 e. The van der Waals surface area contributed by atoms with Crippen LogP contribution in [0.4, 0.5) is 5.82 Å². The van der Waals surface area contributed by atoms with E-state index in [9.17, 15) is 4.79 Å². The maximum Gasteiger partial charge on any atom is 0.337 e. The van der Waals surface area contributed by atoms with Gasteiger partial charge in [-0.3, -0.25) is 0 Å². The molecule has 2 rings (SSSR count). The van der Waals surface area contributed by atoms with E-state index >= 15 is 0 Å². The van der Waals surface area contributed by atoms with E-state index in [1.807, 2.05) is 5.38 Å². The number of aromatic nitrogens is 2. The highest BCUT2D eigenvalue weighted by Crippen LogP contribution is 2.20. The number of carboxylic acid groups (broad SMARTS) is 1. The van der Waals surface area contributed by atoms with Crippen LogP contribution in [0.3, 0.4) is 0 Å². The van der Waals surface area contributed by atoms with E-state index in [0.29, 0.717) is 17.4 Å². The number of hydrogen-bond acceptors (Lipinski definition) is 5. The molecule has 0 aliphatic heterocycles. The van der Waals surface area contributed by atoms with Crippen LogP contribution in [0, 0.1) is 0 Å². The molecule has 0 saturated heterocycles. The fourth-order valence-electron chi connectivity index (χ4n) is 1.35. The Kier molecular flexibility index (Phi) is 4.11. The largest absolute Gasteiger partial charge is 0.478 e. The molecule has 94 valence electrons. The summed E-state index contributed by atoms with van der Waals surface area (Å²) in [4.78, 5) is 18.8. The molecule has 0 fully saturated rings. The van der Waals surface area contributed by atoms with Gasteiger partial charge in [0.15, 0.2) is 0 Å². The number of carbonyl (C=O) groups is 1. The average molecular weight is 284 g/mol. The second-order valence-electron chi connectivity index (χ2n) is 3.52. The predicted molar refractivity (Wildman–Crippen MR) is 70.5 cm³/mol. The molecule has 18 heavy (non-hydrogen) atoms. The van der Waals surface area contributed by atoms with Crippen molar-refractivity contribution in [2.45, 2.75) is 6.42 Å². The Labute approximate surface area is 112 Å². The smallest absolute Gasteiger partial charge is 0.337 e. The number of aromatic carboxylic acids is 1. The second-order valence-corrected chi connectivity index (χ2v) is 4.64. The second kappa shape index (κ2) is 5.79. The van der Waals surface area contributed by atoms with Gasteiger partial charge in [0.05, 0.1) is 21.8 Å². The molecule has 0 unspecified atom stereocenters. The van der Waals surface area contributed by atoms with E-state index in [-0.39, 0.29) is 5.56 Å². The summed E-state index contributed by atoms with van der Waals surface area (Å²) in [5.74, 6) is -0.560. The van der Waals surface area contributed by atoms with Crippen molar-refractivity contribution in [3.05, 3.63) is 39.4 Å². The van der Waals surface area contributed by atoms with Crippen LogP contribution in [-0.2, 0) is 6.42 Å². The summed E-state index contributed by atoms with van der Waals surface area (Å²) in [6.07, 6.45) is 2.04. The molecule has 0 aliphatic rings. The molecular weight excluding hydrogens is 274 g/mol. The van der Waals surface area contributed by atoms with E-state index in [1.54, 1.807) is 16.8 Å². The van der Waals surface area contributed by atoms with Crippen LogP contribution in [-0.4, -0.2) is 27.6 Å². The van der Waals surface area contributed by atoms with Crippen molar-refractivity contribution in [2.24, 2.45) is 0 Å². The Hall–Kier alpha value is -1.66. The van der Waals surface area contributed by atoms with Gasteiger partial charge in [0.25, 0.3) is 0 Å². The number of thiazole rings is 1. The summed E-state index contributed by atoms with van der Waals surface area (Å²) in [6, 6.07) is 1.38. The molecule has 2 aromatic rings. The third kappa shape index (κ3) is 3.18. The highest BCUT2D eigenvalue weighted by atomic mass is 35.5. The summed E-state index contributed by atoms with van der Waals surface area (Å²) in [5.41, 5.74) is 2.86. The van der Waals surface area contributed by atoms with Gasteiger partial charge in [0.2, 0.25) is 0 Å². The third-order valence-electron chi connectivity index (χ3n) is 2.25. The fraction of sp³-hybridized carbons (Fsp3) is 0.182. The van der Waals surface area contributed by atoms with Crippen molar-refractivity contribution < 1.29 is 9.90 Å². The number of anilines is 1. The molecular formula is C11H10ClN3O2S. The Morgan fingerprint density at radius 3 is 2.94 bits per heavy atom. The zero-order valence-electron chi connectivity index (χ0n) is 9.26. The summed E-state index contributed by atoms with van der Waals surface area (Å²) in [5, 5.41) is 14.1. The standard InChI is InChI=1S/C11H10ClN3O2S/c12-9-3-7(11(16)17)4-14-10(9)13-2-1-8-5-18-6-15-8/h3-6H,1-2H2,(H,13,14)(H,16,17). The first-order chi connectivity index (χ1) is 8.66. The number of halogens is 1. The van der Waals surface area contributed by atoms with E-state index in [0.717, 1.165) is 12.1 Å². The molecule has 2 heterocycles. The number of nitrogens with zero attached hydrogens (tertiary/aromatic N) is 2. The average Bonchev–Trinajstić information content (AvgIpc) is 2.84. The van der Waals surface area contributed by atoms with Gasteiger partial charge in [-0.05, 0) is 6.07 Å². The van der Waals surface area contributed by atoms with Gasteiger partial charge in [-0.15, -0.1) is 11.3 Å². The number of pyridine rings is 1. The van der Waals surface area contributed by atoms with E-state index in [2.05, 4.69) is 15.3 Å². The minimum atomic E-state index is -1.04. The van der Waals surface area contributed by atoms with Crippen LogP contribution in [0.1, 0.15) is 16.1 Å². The van der Waals surface area contributed by atoms with Crippen LogP contribution in [0.15, 0.2) is 23.2 Å². The van der Waals surface area contributed by atoms with Crippen molar-refractivity contribution in [3.63, 3.8) is 0 Å². The summed E-state index contributed by atoms with van der Waals surface area (Å²) >= 11 is 7.48. The number of nitrogens with one attached hydrogen (secondary N) is 1. The van der Waals surface area contributed by atoms with E-state index in [1.165, 1.54) is 12.3 Å². The molecule has 0 radical (unpaired) electrons. The fourth-order valence-corrected chi connectivity index (χ4v) is 2.18. The third-order valence-corrected chi connectivity index (χ3v) is 3.17. The van der Waals surface area contributed by atoms with Crippen molar-refractivity contribution in [3.8, 4) is 0 Å². The van der Waals surface area contributed by atoms with Crippen molar-refractivity contribution in [1.29, 1.82) is 0 Å². The molecule has 0 amide bonds. The molecule has 2 aromatic heterocycles. The maximum atomic E-state index is 10.7. The van der Waals surface area contributed by atoms with Gasteiger partial charge in [0.1, 0.15) is 5.82 Å². The summed E-state index contributed by atoms with van der Waals surface area (Å²) < 4.78 is 0. The zero-order valence-corrected chi connectivity index (χ0v) is 10.8. The maximum absolute atomic E-state index is 10.7. The topological polar surface area (TPSA) is 75.1 Å². The minimum absolute atomic E-state index is 0.0741. The lowest BCUT2D eigenvalue weighted by atomic mass is 10.3. The van der Waals surface area contributed by atoms with Crippen molar-refractivity contribution in [2.75, 3.05) is 11.9 Å². The van der Waals surface area contributed by atoms with Gasteiger partial charge in [-0.25, -0.2) is 14.8 Å². The van der Waals surface area contributed by atoms with Crippen LogP contribution in [0.2, 0.25) is 5.02 Å². The van der Waals surface area contributed by atoms with Crippen molar-refractivity contribution >= 4 is 34.7 Å². The number of rotatable bonds is 5. The van der Waals surface area contributed by atoms with E-state index in [4.69, 9.17) is 16.7 Å².